The predicted octanol–water partition coefficient (Wildman–Crippen LogP) is 2.31. The minimum Gasteiger partial charge on any atom is -0.481 e. The van der Waals surface area contributed by atoms with Crippen molar-refractivity contribution in [3.63, 3.8) is 0 Å². The molecule has 2 fully saturated rings. The highest BCUT2D eigenvalue weighted by Gasteiger charge is 2.49. The Labute approximate surface area is 245 Å². The van der Waals surface area contributed by atoms with Crippen molar-refractivity contribution in [2.45, 2.75) is 43.6 Å². The minimum atomic E-state index is -2.74. The number of amides is 1. The molecule has 228 valence electrons. The molecular formula is C31H40N2O9. The molecule has 2 heterocycles. The quantitative estimate of drug-likeness (QED) is 0.308. The maximum Gasteiger partial charge on any atom is 0.336 e. The molecule has 11 nitrogen and oxygen atoms in total. The van der Waals surface area contributed by atoms with Gasteiger partial charge in [0.1, 0.15) is 5.41 Å². The summed E-state index contributed by atoms with van der Waals surface area (Å²) in [7, 11) is 0. The van der Waals surface area contributed by atoms with E-state index in [0.717, 1.165) is 69.9 Å². The van der Waals surface area contributed by atoms with Crippen molar-refractivity contribution < 1.29 is 44.3 Å². The molecule has 0 bridgehead atoms. The number of rotatable bonds is 11. The van der Waals surface area contributed by atoms with Crippen molar-refractivity contribution in [2.75, 3.05) is 45.9 Å². The largest absolute Gasteiger partial charge is 0.481 e. The van der Waals surface area contributed by atoms with E-state index in [1.54, 1.807) is 0 Å². The Morgan fingerprint density at radius 1 is 0.786 bits per heavy atom. The lowest BCUT2D eigenvalue weighted by Gasteiger charge is -2.43. The summed E-state index contributed by atoms with van der Waals surface area (Å²) >= 11 is 0. The molecule has 4 rings (SSSR count). The number of aliphatic hydroxyl groups is 1. The summed E-state index contributed by atoms with van der Waals surface area (Å²) in [4.78, 5) is 49.3. The summed E-state index contributed by atoms with van der Waals surface area (Å²) in [5, 5.41) is 33.8. The number of aliphatic carboxylic acids is 3. The van der Waals surface area contributed by atoms with Crippen LogP contribution in [0.25, 0.3) is 0 Å². The van der Waals surface area contributed by atoms with Crippen LogP contribution >= 0.6 is 0 Å². The van der Waals surface area contributed by atoms with E-state index < -0.39 is 41.8 Å². The van der Waals surface area contributed by atoms with Crippen LogP contribution in [0.4, 0.5) is 0 Å². The molecular weight excluding hydrogens is 544 g/mol. The lowest BCUT2D eigenvalue weighted by molar-refractivity contribution is -0.170. The Morgan fingerprint density at radius 2 is 1.24 bits per heavy atom. The zero-order valence-corrected chi connectivity index (χ0v) is 23.9. The third-order valence-corrected chi connectivity index (χ3v) is 7.85. The van der Waals surface area contributed by atoms with Crippen LogP contribution < -0.4 is 0 Å². The highest BCUT2D eigenvalue weighted by atomic mass is 16.5. The van der Waals surface area contributed by atoms with E-state index in [-0.39, 0.29) is 11.8 Å². The average Bonchev–Trinajstić information content (AvgIpc) is 3.50. The van der Waals surface area contributed by atoms with Gasteiger partial charge in [0.15, 0.2) is 5.60 Å². The zero-order valence-electron chi connectivity index (χ0n) is 23.9. The van der Waals surface area contributed by atoms with Gasteiger partial charge < -0.3 is 30.1 Å². The SMILES string of the molecule is CC(CN1CCOCC1)C(C(=O)N1CCCC1)(c1ccccc1)c1ccccc1.O=C(O)CC(O)(CC(=O)O)C(=O)O. The second-order valence-corrected chi connectivity index (χ2v) is 10.8. The molecule has 0 spiro atoms. The molecule has 0 aliphatic carbocycles. The summed E-state index contributed by atoms with van der Waals surface area (Å²) in [6.07, 6.45) is -0.0875. The summed E-state index contributed by atoms with van der Waals surface area (Å²) in [5.41, 5.74) is -1.21. The second-order valence-electron chi connectivity index (χ2n) is 10.8. The standard InChI is InChI=1S/C25H32N2O2.C6H8O7/c1-21(20-26-16-18-29-19-17-26)25(22-10-4-2-5-11-22,23-12-6-3-7-13-23)24(28)27-14-8-9-15-27;7-3(8)1-6(13,5(11)12)2-4(9)10/h2-7,10-13,21H,8-9,14-20H2,1H3;13H,1-2H2,(H,7,8)(H,9,10)(H,11,12). The lowest BCUT2D eigenvalue weighted by Crippen LogP contribution is -2.54. The maximum absolute atomic E-state index is 14.2. The van der Waals surface area contributed by atoms with E-state index in [9.17, 15) is 19.2 Å². The summed E-state index contributed by atoms with van der Waals surface area (Å²) in [6, 6.07) is 20.9. The molecule has 2 aliphatic rings. The fourth-order valence-corrected chi connectivity index (χ4v) is 5.79. The molecule has 42 heavy (non-hydrogen) atoms. The van der Waals surface area contributed by atoms with Crippen molar-refractivity contribution in [2.24, 2.45) is 5.92 Å². The summed E-state index contributed by atoms with van der Waals surface area (Å²) in [5.74, 6) is -4.62. The van der Waals surface area contributed by atoms with Gasteiger partial charge in [-0.15, -0.1) is 0 Å². The number of ether oxygens (including phenoxy) is 1. The Hall–Kier alpha value is -3.80. The number of carboxylic acid groups (broad SMARTS) is 3. The van der Waals surface area contributed by atoms with Crippen LogP contribution in [0.1, 0.15) is 43.7 Å². The van der Waals surface area contributed by atoms with Crippen molar-refractivity contribution in [3.8, 4) is 0 Å². The highest BCUT2D eigenvalue weighted by Crippen LogP contribution is 2.42. The molecule has 2 aliphatic heterocycles. The van der Waals surface area contributed by atoms with Crippen molar-refractivity contribution in [3.05, 3.63) is 71.8 Å². The van der Waals surface area contributed by atoms with E-state index in [4.69, 9.17) is 25.2 Å². The number of hydrogen-bond donors (Lipinski definition) is 4. The van der Waals surface area contributed by atoms with Crippen LogP contribution in [0.5, 0.6) is 0 Å². The Bertz CT molecular complexity index is 1140. The Balaban J connectivity index is 0.000000316. The smallest absolute Gasteiger partial charge is 0.336 e. The summed E-state index contributed by atoms with van der Waals surface area (Å²) < 4.78 is 5.55. The number of carbonyl (C=O) groups is 4. The van der Waals surface area contributed by atoms with Crippen LogP contribution in [0.2, 0.25) is 0 Å². The molecule has 0 aromatic heterocycles. The first-order valence-corrected chi connectivity index (χ1v) is 14.1. The maximum atomic E-state index is 14.2. The predicted molar refractivity (Wildman–Crippen MR) is 153 cm³/mol. The van der Waals surface area contributed by atoms with Gasteiger partial charge in [0.2, 0.25) is 5.91 Å². The van der Waals surface area contributed by atoms with Gasteiger partial charge in [-0.1, -0.05) is 67.6 Å². The molecule has 1 unspecified atom stereocenters. The number of nitrogens with zero attached hydrogens (tertiary/aromatic N) is 2. The van der Waals surface area contributed by atoms with Crippen LogP contribution in [-0.2, 0) is 29.3 Å². The molecule has 1 atom stereocenters. The molecule has 4 N–H and O–H groups in total. The summed E-state index contributed by atoms with van der Waals surface area (Å²) in [6.45, 7) is 8.28. The Kier molecular flexibility index (Phi) is 11.6. The van der Waals surface area contributed by atoms with Crippen molar-refractivity contribution in [1.82, 2.24) is 9.80 Å². The first-order chi connectivity index (χ1) is 20.0. The van der Waals surface area contributed by atoms with Gasteiger partial charge >= 0.3 is 17.9 Å². The van der Waals surface area contributed by atoms with Crippen LogP contribution in [0, 0.1) is 5.92 Å². The van der Waals surface area contributed by atoms with Crippen molar-refractivity contribution in [1.29, 1.82) is 0 Å². The average molecular weight is 585 g/mol. The number of morpholine rings is 1. The minimum absolute atomic E-state index is 0.137. The van der Waals surface area contributed by atoms with E-state index in [1.807, 2.05) is 12.1 Å². The van der Waals surface area contributed by atoms with Gasteiger partial charge in [-0.05, 0) is 29.9 Å². The van der Waals surface area contributed by atoms with Gasteiger partial charge in [0, 0.05) is 32.7 Å². The lowest BCUT2D eigenvalue weighted by atomic mass is 9.65. The first kappa shape index (κ1) is 32.7. The molecule has 11 heteroatoms. The van der Waals surface area contributed by atoms with E-state index in [0.29, 0.717) is 0 Å². The molecule has 2 aromatic rings. The van der Waals surface area contributed by atoms with Crippen LogP contribution in [0.15, 0.2) is 60.7 Å². The van der Waals surface area contributed by atoms with Crippen LogP contribution in [0.3, 0.4) is 0 Å². The van der Waals surface area contributed by atoms with Gasteiger partial charge in [-0.25, -0.2) is 4.79 Å². The molecule has 2 saturated heterocycles. The van der Waals surface area contributed by atoms with Gasteiger partial charge in [-0.3, -0.25) is 19.3 Å². The fraction of sp³-hybridized carbons (Fsp3) is 0.484. The molecule has 0 saturated carbocycles. The number of hydrogen-bond acceptors (Lipinski definition) is 7. The monoisotopic (exact) mass is 584 g/mol. The second kappa shape index (κ2) is 14.9. The van der Waals surface area contributed by atoms with Gasteiger partial charge in [0.25, 0.3) is 0 Å². The number of likely N-dealkylation sites (tertiary alicyclic amines) is 1. The third-order valence-electron chi connectivity index (χ3n) is 7.85. The van der Waals surface area contributed by atoms with Crippen LogP contribution in [-0.4, -0.2) is 106 Å². The van der Waals surface area contributed by atoms with Gasteiger partial charge in [-0.2, -0.15) is 0 Å². The van der Waals surface area contributed by atoms with E-state index in [1.165, 1.54) is 0 Å². The normalized spacial score (nSPS) is 16.7. The fourth-order valence-electron chi connectivity index (χ4n) is 5.79. The van der Waals surface area contributed by atoms with Crippen molar-refractivity contribution >= 4 is 23.8 Å². The Morgan fingerprint density at radius 3 is 1.64 bits per heavy atom. The molecule has 1 amide bonds. The number of carbonyl (C=O) groups excluding carboxylic acids is 1. The van der Waals surface area contributed by atoms with E-state index in [2.05, 4.69) is 65.3 Å². The highest BCUT2D eigenvalue weighted by molar-refractivity contribution is 5.93. The van der Waals surface area contributed by atoms with Gasteiger partial charge in [0.05, 0.1) is 26.1 Å². The molecule has 2 aromatic carbocycles. The zero-order chi connectivity index (χ0) is 30.8. The first-order valence-electron chi connectivity index (χ1n) is 14.1. The third kappa shape index (κ3) is 7.93. The number of benzene rings is 2. The van der Waals surface area contributed by atoms with E-state index >= 15 is 0 Å². The topological polar surface area (TPSA) is 165 Å². The molecule has 0 radical (unpaired) electrons. The number of carboxylic acids is 3.